The summed E-state index contributed by atoms with van der Waals surface area (Å²) in [5.41, 5.74) is 4.21. The van der Waals surface area contributed by atoms with Crippen molar-refractivity contribution in [1.29, 1.82) is 0 Å². The molecule has 5 nitrogen and oxygen atoms in total. The summed E-state index contributed by atoms with van der Waals surface area (Å²) in [6.45, 7) is 11.8. The molecule has 1 N–H and O–H groups in total. The number of hydrogen-bond acceptors (Lipinski definition) is 3. The van der Waals surface area contributed by atoms with E-state index in [4.69, 9.17) is 4.74 Å². The number of aryl methyl sites for hydroxylation is 3. The van der Waals surface area contributed by atoms with Gasteiger partial charge in [0.2, 0.25) is 5.91 Å². The van der Waals surface area contributed by atoms with Crippen LogP contribution in [0.2, 0.25) is 0 Å². The molecule has 0 spiro atoms. The first-order chi connectivity index (χ1) is 13.7. The van der Waals surface area contributed by atoms with Crippen molar-refractivity contribution in [2.45, 2.75) is 60.2 Å². The molecule has 1 atom stereocenters. The van der Waals surface area contributed by atoms with Crippen LogP contribution < -0.4 is 10.1 Å². The lowest BCUT2D eigenvalue weighted by Crippen LogP contribution is -2.50. The van der Waals surface area contributed by atoms with Gasteiger partial charge in [-0.05, 0) is 64.3 Å². The molecule has 0 heterocycles. The molecule has 0 unspecified atom stereocenters. The van der Waals surface area contributed by atoms with E-state index in [0.29, 0.717) is 12.3 Å². The Hall–Kier alpha value is -2.82. The highest BCUT2D eigenvalue weighted by molar-refractivity contribution is 5.88. The van der Waals surface area contributed by atoms with E-state index < -0.39 is 6.04 Å². The second-order valence-corrected chi connectivity index (χ2v) is 7.85. The van der Waals surface area contributed by atoms with Gasteiger partial charge in [0.1, 0.15) is 11.8 Å². The van der Waals surface area contributed by atoms with E-state index in [1.54, 1.807) is 11.8 Å². The average Bonchev–Trinajstić information content (AvgIpc) is 2.65. The maximum Gasteiger partial charge on any atom is 0.261 e. The first-order valence-electron chi connectivity index (χ1n) is 10.0. The zero-order valence-electron chi connectivity index (χ0n) is 18.3. The van der Waals surface area contributed by atoms with Crippen molar-refractivity contribution in [3.8, 4) is 5.75 Å². The van der Waals surface area contributed by atoms with Crippen molar-refractivity contribution in [2.75, 3.05) is 6.61 Å². The number of ether oxygens (including phenoxy) is 1. The Bertz CT molecular complexity index is 861. The molecule has 2 rings (SSSR count). The van der Waals surface area contributed by atoms with Crippen LogP contribution in [0.3, 0.4) is 0 Å². The molecule has 156 valence electrons. The Morgan fingerprint density at radius 1 is 1.00 bits per heavy atom. The lowest BCUT2D eigenvalue weighted by atomic mass is 10.1. The molecule has 2 amide bonds. The molecule has 2 aromatic rings. The van der Waals surface area contributed by atoms with Crippen LogP contribution in [0.5, 0.6) is 5.75 Å². The number of nitrogens with one attached hydrogen (secondary N) is 1. The van der Waals surface area contributed by atoms with E-state index in [-0.39, 0.29) is 24.5 Å². The number of rotatable bonds is 8. The number of amides is 2. The smallest absolute Gasteiger partial charge is 0.261 e. The van der Waals surface area contributed by atoms with E-state index in [1.807, 2.05) is 77.1 Å². The topological polar surface area (TPSA) is 58.6 Å². The van der Waals surface area contributed by atoms with Gasteiger partial charge in [0.25, 0.3) is 5.91 Å². The second-order valence-electron chi connectivity index (χ2n) is 7.85. The number of hydrogen-bond donors (Lipinski definition) is 1. The van der Waals surface area contributed by atoms with Crippen LogP contribution in [-0.4, -0.2) is 35.4 Å². The number of carbonyl (C=O) groups excluding carboxylic acids is 2. The van der Waals surface area contributed by atoms with E-state index in [2.05, 4.69) is 5.32 Å². The summed E-state index contributed by atoms with van der Waals surface area (Å²) in [4.78, 5) is 27.2. The molecule has 2 aromatic carbocycles. The molecular weight excluding hydrogens is 364 g/mol. The molecule has 0 bridgehead atoms. The lowest BCUT2D eigenvalue weighted by Gasteiger charge is -2.30. The average molecular weight is 397 g/mol. The first-order valence-corrected chi connectivity index (χ1v) is 10.0. The zero-order chi connectivity index (χ0) is 21.6. The van der Waals surface area contributed by atoms with Crippen molar-refractivity contribution in [3.05, 3.63) is 64.7 Å². The molecule has 0 aromatic heterocycles. The van der Waals surface area contributed by atoms with Crippen molar-refractivity contribution in [2.24, 2.45) is 0 Å². The summed E-state index contributed by atoms with van der Waals surface area (Å²) < 4.78 is 5.79. The lowest BCUT2D eigenvalue weighted by molar-refractivity contribution is -0.142. The van der Waals surface area contributed by atoms with Gasteiger partial charge in [-0.15, -0.1) is 0 Å². The molecule has 0 aliphatic carbocycles. The number of carbonyl (C=O) groups is 2. The van der Waals surface area contributed by atoms with Crippen LogP contribution in [0, 0.1) is 20.8 Å². The zero-order valence-corrected chi connectivity index (χ0v) is 18.3. The third kappa shape index (κ3) is 6.34. The molecule has 0 aliphatic heterocycles. The minimum Gasteiger partial charge on any atom is -0.483 e. The van der Waals surface area contributed by atoms with Gasteiger partial charge in [0.15, 0.2) is 6.61 Å². The second kappa shape index (κ2) is 10.1. The Kier molecular flexibility index (Phi) is 7.82. The summed E-state index contributed by atoms with van der Waals surface area (Å²) in [5.74, 6) is 0.284. The Balaban J connectivity index is 2.19. The van der Waals surface area contributed by atoms with Crippen LogP contribution in [0.1, 0.15) is 43.0 Å². The highest BCUT2D eigenvalue weighted by Crippen LogP contribution is 2.19. The Labute approximate surface area is 174 Å². The molecule has 0 saturated heterocycles. The maximum absolute atomic E-state index is 13.1. The van der Waals surface area contributed by atoms with E-state index in [9.17, 15) is 9.59 Å². The van der Waals surface area contributed by atoms with Crippen LogP contribution in [0.25, 0.3) is 0 Å². The van der Waals surface area contributed by atoms with E-state index in [1.165, 1.54) is 0 Å². The van der Waals surface area contributed by atoms with Gasteiger partial charge >= 0.3 is 0 Å². The summed E-state index contributed by atoms with van der Waals surface area (Å²) in [6.07, 6.45) is 0. The van der Waals surface area contributed by atoms with Crippen molar-refractivity contribution >= 4 is 11.8 Å². The van der Waals surface area contributed by atoms with Gasteiger partial charge in [0, 0.05) is 12.6 Å². The van der Waals surface area contributed by atoms with Crippen molar-refractivity contribution in [1.82, 2.24) is 10.2 Å². The quantitative estimate of drug-likeness (QED) is 0.735. The van der Waals surface area contributed by atoms with E-state index >= 15 is 0 Å². The minimum atomic E-state index is -0.604. The molecule has 0 fully saturated rings. The van der Waals surface area contributed by atoms with Gasteiger partial charge in [-0.2, -0.15) is 0 Å². The molecule has 0 radical (unpaired) electrons. The SMILES string of the molecule is Cc1ccc(OCC(=O)N(Cc2ccccc2C)[C@H](C)C(=O)NC(C)C)c(C)c1. The monoisotopic (exact) mass is 396 g/mol. The minimum absolute atomic E-state index is 0.00632. The molecular formula is C24H32N2O3. The van der Waals surface area contributed by atoms with Gasteiger partial charge in [-0.25, -0.2) is 0 Å². The van der Waals surface area contributed by atoms with E-state index in [0.717, 1.165) is 22.3 Å². The van der Waals surface area contributed by atoms with Gasteiger partial charge in [-0.1, -0.05) is 42.0 Å². The predicted molar refractivity (Wildman–Crippen MR) is 116 cm³/mol. The fraction of sp³-hybridized carbons (Fsp3) is 0.417. The van der Waals surface area contributed by atoms with Crippen LogP contribution in [-0.2, 0) is 16.1 Å². The highest BCUT2D eigenvalue weighted by atomic mass is 16.5. The summed E-state index contributed by atoms with van der Waals surface area (Å²) >= 11 is 0. The molecule has 0 saturated carbocycles. The Morgan fingerprint density at radius 3 is 2.31 bits per heavy atom. The van der Waals surface area contributed by atoms with Gasteiger partial charge < -0.3 is 15.0 Å². The largest absolute Gasteiger partial charge is 0.483 e. The first kappa shape index (κ1) is 22.5. The van der Waals surface area contributed by atoms with Gasteiger partial charge in [0.05, 0.1) is 0 Å². The summed E-state index contributed by atoms with van der Waals surface area (Å²) in [5, 5.41) is 2.89. The normalized spacial score (nSPS) is 11.8. The van der Waals surface area contributed by atoms with Gasteiger partial charge in [-0.3, -0.25) is 9.59 Å². The fourth-order valence-electron chi connectivity index (χ4n) is 3.14. The fourth-order valence-corrected chi connectivity index (χ4v) is 3.14. The van der Waals surface area contributed by atoms with Crippen LogP contribution in [0.15, 0.2) is 42.5 Å². The molecule has 29 heavy (non-hydrogen) atoms. The number of benzene rings is 2. The van der Waals surface area contributed by atoms with Crippen LogP contribution in [0.4, 0.5) is 0 Å². The third-order valence-electron chi connectivity index (χ3n) is 4.88. The summed E-state index contributed by atoms with van der Waals surface area (Å²) in [6, 6.07) is 13.1. The maximum atomic E-state index is 13.1. The van der Waals surface area contributed by atoms with Crippen molar-refractivity contribution in [3.63, 3.8) is 0 Å². The Morgan fingerprint density at radius 2 is 1.69 bits per heavy atom. The predicted octanol–water partition coefficient (Wildman–Crippen LogP) is 3.93. The summed E-state index contributed by atoms with van der Waals surface area (Å²) in [7, 11) is 0. The molecule has 0 aliphatic rings. The highest BCUT2D eigenvalue weighted by Gasteiger charge is 2.27. The van der Waals surface area contributed by atoms with Crippen LogP contribution >= 0.6 is 0 Å². The number of nitrogens with zero attached hydrogens (tertiary/aromatic N) is 1. The standard InChI is InChI=1S/C24H32N2O3/c1-16(2)25-24(28)20(6)26(14-21-10-8-7-9-18(21)4)23(27)15-29-22-12-11-17(3)13-19(22)5/h7-13,16,20H,14-15H2,1-6H3,(H,25,28)/t20-/m1/s1. The third-order valence-corrected chi connectivity index (χ3v) is 4.88. The van der Waals surface area contributed by atoms with Crippen molar-refractivity contribution < 1.29 is 14.3 Å². The molecule has 5 heteroatoms.